The first-order valence-electron chi connectivity index (χ1n) is 13.4. The number of thiocarbonyl (C=S) groups is 1. The number of thiophene rings is 1. The monoisotopic (exact) mass is 618 g/mol. The number of ether oxygens (including phenoxy) is 2. The van der Waals surface area contributed by atoms with E-state index in [1.165, 1.54) is 53.3 Å². The van der Waals surface area contributed by atoms with Gasteiger partial charge >= 0.3 is 0 Å². The lowest BCUT2D eigenvalue weighted by Crippen LogP contribution is -2.35. The molecule has 0 spiro atoms. The maximum Gasteiger partial charge on any atom is 0.230 e. The van der Waals surface area contributed by atoms with Crippen LogP contribution in [0.15, 0.2) is 85.1 Å². The summed E-state index contributed by atoms with van der Waals surface area (Å²) in [4.78, 5) is 17.8. The predicted molar refractivity (Wildman–Crippen MR) is 170 cm³/mol. The highest BCUT2D eigenvalue weighted by Crippen LogP contribution is 2.40. The Hall–Kier alpha value is -4.29. The molecule has 2 heterocycles. The van der Waals surface area contributed by atoms with E-state index in [4.69, 9.17) is 21.7 Å². The lowest BCUT2D eigenvalue weighted by atomic mass is 10.1. The molecule has 43 heavy (non-hydrogen) atoms. The lowest BCUT2D eigenvalue weighted by Gasteiger charge is -2.12. The first-order valence-corrected chi connectivity index (χ1v) is 14.6. The maximum absolute atomic E-state index is 15.1. The van der Waals surface area contributed by atoms with Crippen LogP contribution in [-0.2, 0) is 22.4 Å². The first kappa shape index (κ1) is 30.2. The fourth-order valence-corrected chi connectivity index (χ4v) is 5.62. The van der Waals surface area contributed by atoms with Gasteiger partial charge in [-0.05, 0) is 65.7 Å². The van der Waals surface area contributed by atoms with Crippen LogP contribution in [0.2, 0.25) is 0 Å². The summed E-state index contributed by atoms with van der Waals surface area (Å²) >= 11 is 6.72. The number of anilines is 1. The number of carbonyl (C=O) groups excluding carboxylic acids is 1. The third kappa shape index (κ3) is 8.17. The van der Waals surface area contributed by atoms with Gasteiger partial charge in [-0.2, -0.15) is 0 Å². The quantitative estimate of drug-likeness (QED) is 0.0851. The molecule has 2 aromatic heterocycles. The molecule has 7 nitrogen and oxygen atoms in total. The number of nitrogens with zero attached hydrogens (tertiary/aromatic N) is 1. The van der Waals surface area contributed by atoms with E-state index in [-0.39, 0.29) is 29.0 Å². The van der Waals surface area contributed by atoms with Crippen molar-refractivity contribution in [1.29, 1.82) is 0 Å². The van der Waals surface area contributed by atoms with Gasteiger partial charge in [0.25, 0.3) is 0 Å². The summed E-state index contributed by atoms with van der Waals surface area (Å²) in [5.74, 6) is -0.850. The molecule has 5 rings (SSSR count). The molecule has 0 radical (unpaired) electrons. The number of amides is 1. The van der Waals surface area contributed by atoms with Gasteiger partial charge < -0.3 is 20.1 Å². The predicted octanol–water partition coefficient (Wildman–Crippen LogP) is 6.83. The summed E-state index contributed by atoms with van der Waals surface area (Å²) in [6.45, 7) is 1.32. The van der Waals surface area contributed by atoms with Crippen LogP contribution >= 0.6 is 23.6 Å². The number of rotatable bonds is 11. The summed E-state index contributed by atoms with van der Waals surface area (Å²) < 4.78 is 40.0. The Balaban J connectivity index is 1.24. The number of hydrogen-bond donors (Lipinski definition) is 3. The van der Waals surface area contributed by atoms with E-state index < -0.39 is 5.82 Å². The number of benzene rings is 3. The Morgan fingerprint density at radius 3 is 2.60 bits per heavy atom. The normalized spacial score (nSPS) is 11.0. The van der Waals surface area contributed by atoms with Crippen LogP contribution in [0, 0.1) is 11.6 Å². The van der Waals surface area contributed by atoms with Crippen LogP contribution in [0.4, 0.5) is 14.5 Å². The second-order valence-electron chi connectivity index (χ2n) is 9.57. The summed E-state index contributed by atoms with van der Waals surface area (Å²) in [6, 6.07) is 22.0. The standard InChI is InChI=1S/C32H28F2N4O3S2/c1-40-19-35-13-11-20-3-2-4-22(15-20)29-18-26-31(43-29)28(12-14-36-26)41-27-10-9-24(17-25(27)34)37-32(42)38-30(39)16-21-5-7-23(33)8-6-21/h2-10,12,14-15,17-18,35H,11,13,16,19H2,1H3,(H2,37,38,39,42). The lowest BCUT2D eigenvalue weighted by molar-refractivity contribution is -0.119. The van der Waals surface area contributed by atoms with Crippen molar-refractivity contribution in [3.8, 4) is 21.9 Å². The zero-order valence-electron chi connectivity index (χ0n) is 23.2. The third-order valence-corrected chi connectivity index (χ3v) is 7.76. The van der Waals surface area contributed by atoms with Gasteiger partial charge in [-0.3, -0.25) is 15.1 Å². The molecule has 5 aromatic rings. The van der Waals surface area contributed by atoms with Crippen LogP contribution in [0.25, 0.3) is 20.7 Å². The van der Waals surface area contributed by atoms with Crippen molar-refractivity contribution >= 4 is 50.5 Å². The van der Waals surface area contributed by atoms with Gasteiger partial charge in [-0.15, -0.1) is 11.3 Å². The summed E-state index contributed by atoms with van der Waals surface area (Å²) in [7, 11) is 1.66. The van der Waals surface area contributed by atoms with Gasteiger partial charge in [-0.25, -0.2) is 8.78 Å². The first-order chi connectivity index (χ1) is 20.9. The molecule has 0 fully saturated rings. The molecular formula is C32H28F2N4O3S2. The Kier molecular flexibility index (Phi) is 10.0. The number of methoxy groups -OCH3 is 1. The largest absolute Gasteiger partial charge is 0.453 e. The highest BCUT2D eigenvalue weighted by Gasteiger charge is 2.14. The van der Waals surface area contributed by atoms with E-state index in [1.54, 1.807) is 25.4 Å². The minimum Gasteiger partial charge on any atom is -0.453 e. The molecule has 0 saturated carbocycles. The minimum absolute atomic E-state index is 0.0115. The van der Waals surface area contributed by atoms with Gasteiger partial charge in [0.2, 0.25) is 5.91 Å². The highest BCUT2D eigenvalue weighted by molar-refractivity contribution is 7.80. The van der Waals surface area contributed by atoms with E-state index >= 15 is 4.39 Å². The Bertz CT molecular complexity index is 1750. The van der Waals surface area contributed by atoms with Crippen molar-refractivity contribution in [3.63, 3.8) is 0 Å². The number of nitrogens with one attached hydrogen (secondary N) is 3. The SMILES string of the molecule is COCNCCc1cccc(-c2cc3nccc(Oc4ccc(NC(=S)NC(=O)Cc5ccc(F)cc5)cc4F)c3s2)c1. The highest BCUT2D eigenvalue weighted by atomic mass is 32.1. The summed E-state index contributed by atoms with van der Waals surface area (Å²) in [6.07, 6.45) is 2.52. The zero-order chi connectivity index (χ0) is 30.2. The van der Waals surface area contributed by atoms with Gasteiger partial charge in [0.05, 0.1) is 23.4 Å². The number of fused-ring (bicyclic) bond motifs is 1. The molecule has 3 N–H and O–H groups in total. The molecule has 1 amide bonds. The zero-order valence-corrected chi connectivity index (χ0v) is 24.8. The topological polar surface area (TPSA) is 84.5 Å². The molecule has 220 valence electrons. The van der Waals surface area contributed by atoms with E-state index in [9.17, 15) is 9.18 Å². The summed E-state index contributed by atoms with van der Waals surface area (Å²) in [5.41, 5.74) is 4.00. The fourth-order valence-electron chi connectivity index (χ4n) is 4.33. The number of aromatic nitrogens is 1. The van der Waals surface area contributed by atoms with Gasteiger partial charge in [-0.1, -0.05) is 36.4 Å². The van der Waals surface area contributed by atoms with Crippen LogP contribution in [-0.4, -0.2) is 36.4 Å². The third-order valence-electron chi connectivity index (χ3n) is 6.36. The Labute approximate surface area is 256 Å². The smallest absolute Gasteiger partial charge is 0.230 e. The molecule has 0 bridgehead atoms. The molecule has 0 aliphatic carbocycles. The van der Waals surface area contributed by atoms with E-state index in [1.807, 2.05) is 12.1 Å². The number of halogens is 2. The van der Waals surface area contributed by atoms with Crippen LogP contribution in [0.5, 0.6) is 11.5 Å². The van der Waals surface area contributed by atoms with Crippen molar-refractivity contribution in [2.75, 3.05) is 25.7 Å². The number of pyridine rings is 1. The van der Waals surface area contributed by atoms with Crippen LogP contribution in [0.3, 0.4) is 0 Å². The minimum atomic E-state index is -0.609. The molecule has 0 atom stereocenters. The molecule has 0 aliphatic rings. The van der Waals surface area contributed by atoms with Crippen LogP contribution in [0.1, 0.15) is 11.1 Å². The van der Waals surface area contributed by atoms with Crippen molar-refractivity contribution in [2.45, 2.75) is 12.8 Å². The maximum atomic E-state index is 15.1. The second-order valence-corrected chi connectivity index (χ2v) is 11.0. The fraction of sp³-hybridized carbons (Fsp3) is 0.156. The van der Waals surface area contributed by atoms with Gasteiger partial charge in [0.15, 0.2) is 16.7 Å². The number of carbonyl (C=O) groups is 1. The van der Waals surface area contributed by atoms with E-state index in [0.29, 0.717) is 23.7 Å². The van der Waals surface area contributed by atoms with Crippen molar-refractivity contribution < 1.29 is 23.0 Å². The average Bonchev–Trinajstić information content (AvgIpc) is 3.44. The molecular weight excluding hydrogens is 591 g/mol. The Morgan fingerprint density at radius 1 is 0.977 bits per heavy atom. The molecule has 11 heteroatoms. The summed E-state index contributed by atoms with van der Waals surface area (Å²) in [5, 5.41) is 8.57. The van der Waals surface area contributed by atoms with E-state index in [0.717, 1.165) is 33.6 Å². The van der Waals surface area contributed by atoms with Crippen LogP contribution < -0.4 is 20.7 Å². The average molecular weight is 619 g/mol. The molecule has 0 unspecified atom stereocenters. The Morgan fingerprint density at radius 2 is 1.81 bits per heavy atom. The number of hydrogen-bond acceptors (Lipinski definition) is 7. The van der Waals surface area contributed by atoms with Crippen molar-refractivity contribution in [1.82, 2.24) is 15.6 Å². The second kappa shape index (κ2) is 14.3. The molecule has 0 aliphatic heterocycles. The molecule has 0 saturated heterocycles. The van der Waals surface area contributed by atoms with Gasteiger partial charge in [0, 0.05) is 42.5 Å². The van der Waals surface area contributed by atoms with E-state index in [2.05, 4.69) is 39.1 Å². The van der Waals surface area contributed by atoms with Gasteiger partial charge in [0.1, 0.15) is 11.6 Å². The van der Waals surface area contributed by atoms with Crippen molar-refractivity contribution in [3.05, 3.63) is 108 Å². The van der Waals surface area contributed by atoms with Crippen molar-refractivity contribution in [2.24, 2.45) is 0 Å². The molecule has 3 aromatic carbocycles.